The number of aromatic nitrogens is 1. The molecule has 3 fully saturated rings. The molecule has 0 saturated heterocycles. The predicted octanol–water partition coefficient (Wildman–Crippen LogP) is 3.60. The van der Waals surface area contributed by atoms with Gasteiger partial charge in [0.05, 0.1) is 17.3 Å². The summed E-state index contributed by atoms with van der Waals surface area (Å²) >= 11 is 0. The van der Waals surface area contributed by atoms with Gasteiger partial charge in [-0.25, -0.2) is 0 Å². The summed E-state index contributed by atoms with van der Waals surface area (Å²) in [6.45, 7) is 4.13. The number of pyridine rings is 1. The monoisotopic (exact) mass is 405 g/mol. The van der Waals surface area contributed by atoms with E-state index in [4.69, 9.17) is 4.74 Å². The number of rotatable bonds is 3. The first-order valence-electron chi connectivity index (χ1n) is 10.7. The van der Waals surface area contributed by atoms with Gasteiger partial charge in [-0.1, -0.05) is 25.1 Å². The van der Waals surface area contributed by atoms with Gasteiger partial charge < -0.3 is 15.4 Å². The standard InChI is InChI=1S/C24H27N3O3/c1-15(19-8-5-6-12-25-19)26-22(29)18-13-16-10-11-23(18,2)14-24(16)27-21(28)17-7-3-4-9-20(17)30-24/h3-9,12,15-16,18H,10-11,13-14H2,1-2H3,(H,26,29)(H,27,28)/t15-,16-,18+,23+,24-/m0/s1. The van der Waals surface area contributed by atoms with Crippen LogP contribution in [0.5, 0.6) is 5.75 Å². The minimum absolute atomic E-state index is 0.0674. The summed E-state index contributed by atoms with van der Waals surface area (Å²) in [5.74, 6) is 0.626. The van der Waals surface area contributed by atoms with Crippen molar-refractivity contribution in [2.45, 2.75) is 51.3 Å². The summed E-state index contributed by atoms with van der Waals surface area (Å²) in [6.07, 6.45) is 4.99. The summed E-state index contributed by atoms with van der Waals surface area (Å²) in [6, 6.07) is 13.0. The molecule has 6 heteroatoms. The van der Waals surface area contributed by atoms with Crippen molar-refractivity contribution in [3.63, 3.8) is 0 Å². The molecule has 5 atom stereocenters. The Bertz CT molecular complexity index is 994. The molecule has 0 radical (unpaired) electrons. The van der Waals surface area contributed by atoms with Crippen LogP contribution >= 0.6 is 0 Å². The maximum atomic E-state index is 13.2. The van der Waals surface area contributed by atoms with Crippen molar-refractivity contribution in [1.29, 1.82) is 0 Å². The number of nitrogens with zero attached hydrogens (tertiary/aromatic N) is 1. The number of nitrogens with one attached hydrogen (secondary N) is 2. The number of carbonyl (C=O) groups excluding carboxylic acids is 2. The number of amides is 2. The molecule has 3 saturated carbocycles. The van der Waals surface area contributed by atoms with Gasteiger partial charge >= 0.3 is 0 Å². The molecule has 1 aromatic heterocycles. The lowest BCUT2D eigenvalue weighted by molar-refractivity contribution is -0.167. The topological polar surface area (TPSA) is 80.3 Å². The van der Waals surface area contributed by atoms with Crippen molar-refractivity contribution in [2.24, 2.45) is 17.3 Å². The van der Waals surface area contributed by atoms with Crippen molar-refractivity contribution in [1.82, 2.24) is 15.6 Å². The van der Waals surface area contributed by atoms with Crippen LogP contribution in [0, 0.1) is 17.3 Å². The highest BCUT2D eigenvalue weighted by Crippen LogP contribution is 2.59. The zero-order valence-electron chi connectivity index (χ0n) is 17.4. The largest absolute Gasteiger partial charge is 0.467 e. The summed E-state index contributed by atoms with van der Waals surface area (Å²) in [5, 5.41) is 6.33. The number of fused-ring (bicyclic) bond motifs is 3. The van der Waals surface area contributed by atoms with E-state index in [0.29, 0.717) is 24.2 Å². The van der Waals surface area contributed by atoms with Gasteiger partial charge in [-0.05, 0) is 55.9 Å². The first-order valence-corrected chi connectivity index (χ1v) is 10.7. The Labute approximate surface area is 176 Å². The van der Waals surface area contributed by atoms with Gasteiger partial charge in [0.2, 0.25) is 5.91 Å². The van der Waals surface area contributed by atoms with Crippen LogP contribution in [0.25, 0.3) is 0 Å². The quantitative estimate of drug-likeness (QED) is 0.818. The van der Waals surface area contributed by atoms with Crippen molar-refractivity contribution in [3.8, 4) is 5.75 Å². The van der Waals surface area contributed by atoms with Crippen LogP contribution in [-0.2, 0) is 4.79 Å². The van der Waals surface area contributed by atoms with Crippen molar-refractivity contribution >= 4 is 11.8 Å². The lowest BCUT2D eigenvalue weighted by Gasteiger charge is -2.59. The van der Waals surface area contributed by atoms with Gasteiger partial charge in [0.25, 0.3) is 5.91 Å². The Morgan fingerprint density at radius 3 is 2.83 bits per heavy atom. The molecule has 2 amide bonds. The Balaban J connectivity index is 1.37. The average Bonchev–Trinajstić information content (AvgIpc) is 2.74. The van der Waals surface area contributed by atoms with E-state index in [-0.39, 0.29) is 35.1 Å². The molecule has 2 N–H and O–H groups in total. The Kier molecular flexibility index (Phi) is 4.34. The average molecular weight is 405 g/mol. The van der Waals surface area contributed by atoms with Crippen LogP contribution in [0.2, 0.25) is 0 Å². The third-order valence-corrected chi connectivity index (χ3v) is 7.31. The zero-order chi connectivity index (χ0) is 20.9. The number of para-hydroxylation sites is 1. The van der Waals surface area contributed by atoms with Gasteiger partial charge in [0, 0.05) is 24.5 Å². The van der Waals surface area contributed by atoms with E-state index in [9.17, 15) is 9.59 Å². The van der Waals surface area contributed by atoms with Crippen LogP contribution in [0.15, 0.2) is 48.7 Å². The first-order chi connectivity index (χ1) is 14.4. The van der Waals surface area contributed by atoms with Crippen molar-refractivity contribution in [3.05, 3.63) is 59.9 Å². The number of ether oxygens (including phenoxy) is 1. The summed E-state index contributed by atoms with van der Waals surface area (Å²) < 4.78 is 6.43. The summed E-state index contributed by atoms with van der Waals surface area (Å²) in [7, 11) is 0. The molecular weight excluding hydrogens is 378 g/mol. The molecule has 6 nitrogen and oxygen atoms in total. The van der Waals surface area contributed by atoms with E-state index in [0.717, 1.165) is 18.5 Å². The second kappa shape index (κ2) is 6.83. The zero-order valence-corrected chi connectivity index (χ0v) is 17.4. The normalized spacial score (nSPS) is 32.7. The van der Waals surface area contributed by atoms with Gasteiger partial charge in [0.1, 0.15) is 5.75 Å². The van der Waals surface area contributed by atoms with Crippen molar-refractivity contribution < 1.29 is 14.3 Å². The molecule has 1 aliphatic heterocycles. The van der Waals surface area contributed by atoms with E-state index in [1.165, 1.54) is 0 Å². The highest BCUT2D eigenvalue weighted by molar-refractivity contribution is 5.98. The van der Waals surface area contributed by atoms with E-state index in [1.807, 2.05) is 43.3 Å². The number of carbonyl (C=O) groups is 2. The highest BCUT2D eigenvalue weighted by atomic mass is 16.5. The SMILES string of the molecule is C[C@H](NC(=O)[C@H]1C[C@@H]2CC[C@]1(C)C[C@@]21NC(=O)c2ccccc2O1)c1ccccn1. The van der Waals surface area contributed by atoms with Crippen molar-refractivity contribution in [2.75, 3.05) is 0 Å². The van der Waals surface area contributed by atoms with Gasteiger partial charge in [-0.3, -0.25) is 14.6 Å². The molecular formula is C24H27N3O3. The van der Waals surface area contributed by atoms with E-state index < -0.39 is 5.72 Å². The number of hydrogen-bond acceptors (Lipinski definition) is 4. The Morgan fingerprint density at radius 2 is 2.07 bits per heavy atom. The summed E-state index contributed by atoms with van der Waals surface area (Å²) in [5.41, 5.74) is 0.477. The molecule has 6 rings (SSSR count). The lowest BCUT2D eigenvalue weighted by atomic mass is 9.52. The molecule has 1 aromatic carbocycles. The smallest absolute Gasteiger partial charge is 0.258 e. The van der Waals surface area contributed by atoms with Crippen LogP contribution in [-0.4, -0.2) is 22.5 Å². The maximum absolute atomic E-state index is 13.2. The molecule has 30 heavy (non-hydrogen) atoms. The Morgan fingerprint density at radius 1 is 1.27 bits per heavy atom. The minimum atomic E-state index is -0.720. The maximum Gasteiger partial charge on any atom is 0.258 e. The fourth-order valence-electron chi connectivity index (χ4n) is 5.68. The molecule has 156 valence electrons. The van der Waals surface area contributed by atoms with Gasteiger partial charge in [-0.15, -0.1) is 0 Å². The van der Waals surface area contributed by atoms with Gasteiger partial charge in [0.15, 0.2) is 5.72 Å². The molecule has 3 aliphatic carbocycles. The predicted molar refractivity (Wildman–Crippen MR) is 112 cm³/mol. The molecule has 1 spiro atoms. The molecule has 0 unspecified atom stereocenters. The van der Waals surface area contributed by atoms with E-state index in [1.54, 1.807) is 12.3 Å². The van der Waals surface area contributed by atoms with E-state index >= 15 is 0 Å². The minimum Gasteiger partial charge on any atom is -0.467 e. The van der Waals surface area contributed by atoms with E-state index in [2.05, 4.69) is 22.5 Å². The van der Waals surface area contributed by atoms with Crippen LogP contribution < -0.4 is 15.4 Å². The third kappa shape index (κ3) is 2.97. The number of hydrogen-bond donors (Lipinski definition) is 2. The summed E-state index contributed by atoms with van der Waals surface area (Å²) in [4.78, 5) is 30.4. The highest BCUT2D eigenvalue weighted by Gasteiger charge is 2.61. The van der Waals surface area contributed by atoms with Gasteiger partial charge in [-0.2, -0.15) is 0 Å². The lowest BCUT2D eigenvalue weighted by Crippen LogP contribution is -2.69. The molecule has 4 aliphatic rings. The molecule has 2 heterocycles. The molecule has 2 aromatic rings. The molecule has 2 bridgehead atoms. The first kappa shape index (κ1) is 19.1. The fraction of sp³-hybridized carbons (Fsp3) is 0.458. The second-order valence-electron chi connectivity index (χ2n) is 9.28. The Hall–Kier alpha value is -2.89. The van der Waals surface area contributed by atoms with Crippen LogP contribution in [0.1, 0.15) is 61.6 Å². The second-order valence-corrected chi connectivity index (χ2v) is 9.28. The third-order valence-electron chi connectivity index (χ3n) is 7.31. The van der Waals surface area contributed by atoms with Crippen LogP contribution in [0.3, 0.4) is 0 Å². The fourth-order valence-corrected chi connectivity index (χ4v) is 5.68. The number of benzene rings is 1. The van der Waals surface area contributed by atoms with Crippen LogP contribution in [0.4, 0.5) is 0 Å².